The smallest absolute Gasteiger partial charge is 0.261 e. The number of azide groups is 2. The van der Waals surface area contributed by atoms with Crippen molar-refractivity contribution in [3.63, 3.8) is 0 Å². The maximum atomic E-state index is 9.19. The van der Waals surface area contributed by atoms with Gasteiger partial charge in [-0.05, 0) is 11.1 Å². The molecule has 11 heteroatoms. The zero-order valence-corrected chi connectivity index (χ0v) is 9.50. The quantitative estimate of drug-likeness (QED) is 0.233. The monoisotopic (exact) mass is 251 g/mol. The van der Waals surface area contributed by atoms with Gasteiger partial charge in [-0.15, -0.1) is 0 Å². The zero-order valence-electron chi connectivity index (χ0n) is 8.68. The van der Waals surface area contributed by atoms with Crippen molar-refractivity contribution < 1.29 is 13.0 Å². The molecule has 0 unspecified atom stereocenters. The molecule has 10 nitrogen and oxygen atoms in total. The molecule has 16 heavy (non-hydrogen) atoms. The molecule has 0 aliphatic rings. The highest BCUT2D eigenvalue weighted by Crippen LogP contribution is 1.70. The summed E-state index contributed by atoms with van der Waals surface area (Å²) in [6, 6.07) is 0. The molecule has 0 saturated heterocycles. The van der Waals surface area contributed by atoms with Crippen LogP contribution in [0.4, 0.5) is 0 Å². The van der Waals surface area contributed by atoms with E-state index in [0.29, 0.717) is 32.4 Å². The zero-order chi connectivity index (χ0) is 12.9. The van der Waals surface area contributed by atoms with Crippen LogP contribution in [-0.4, -0.2) is 45.4 Å². The molecule has 0 aliphatic heterocycles. The molecule has 0 aromatic carbocycles. The predicted molar refractivity (Wildman–Crippen MR) is 58.4 cm³/mol. The van der Waals surface area contributed by atoms with Crippen LogP contribution < -0.4 is 5.32 Å². The molecule has 0 aromatic rings. The third-order valence-electron chi connectivity index (χ3n) is 0.904. The summed E-state index contributed by atoms with van der Waals surface area (Å²) in [4.78, 5) is 5.15. The number of nitrogens with one attached hydrogen (secondary N) is 1. The van der Waals surface area contributed by atoms with Crippen LogP contribution >= 0.6 is 0 Å². The fourth-order valence-corrected chi connectivity index (χ4v) is 0.473. The fourth-order valence-electron chi connectivity index (χ4n) is 0.473. The molecule has 0 radical (unpaired) electrons. The number of nitrogens with zero attached hydrogens (tertiary/aromatic N) is 6. The lowest BCUT2D eigenvalue weighted by Gasteiger charge is -1.96. The largest absolute Gasteiger partial charge is 0.316 e. The second-order valence-corrected chi connectivity index (χ2v) is 3.86. The van der Waals surface area contributed by atoms with Crippen molar-refractivity contribution in [1.29, 1.82) is 0 Å². The van der Waals surface area contributed by atoms with Gasteiger partial charge >= 0.3 is 0 Å². The van der Waals surface area contributed by atoms with E-state index in [9.17, 15) is 8.42 Å². The lowest BCUT2D eigenvalue weighted by molar-refractivity contribution is 0.490. The van der Waals surface area contributed by atoms with Gasteiger partial charge in [-0.25, -0.2) is 0 Å². The third kappa shape index (κ3) is 39.1. The Kier molecular flexibility index (Phi) is 12.2. The van der Waals surface area contributed by atoms with E-state index >= 15 is 0 Å². The van der Waals surface area contributed by atoms with Crippen LogP contribution in [0.25, 0.3) is 20.9 Å². The lowest BCUT2D eigenvalue weighted by Crippen LogP contribution is -2.20. The summed E-state index contributed by atoms with van der Waals surface area (Å²) >= 11 is 0. The Morgan fingerprint density at radius 3 is 1.75 bits per heavy atom. The van der Waals surface area contributed by atoms with E-state index in [1.807, 2.05) is 0 Å². The minimum atomic E-state index is -3.67. The lowest BCUT2D eigenvalue weighted by atomic mass is 10.6. The topological polar surface area (TPSA) is 164 Å². The second kappa shape index (κ2) is 11.6. The van der Waals surface area contributed by atoms with Crippen LogP contribution in [0, 0.1) is 0 Å². The highest BCUT2D eigenvalue weighted by molar-refractivity contribution is 7.85. The Balaban J connectivity index is 0. The van der Waals surface area contributed by atoms with E-state index in [1.165, 1.54) is 0 Å². The van der Waals surface area contributed by atoms with Crippen LogP contribution in [0.2, 0.25) is 0 Å². The van der Waals surface area contributed by atoms with Gasteiger partial charge in [-0.1, -0.05) is 10.2 Å². The van der Waals surface area contributed by atoms with Crippen LogP contribution in [-0.2, 0) is 10.1 Å². The molecule has 0 saturated carbocycles. The Morgan fingerprint density at radius 2 is 1.50 bits per heavy atom. The molecular formula is C5H13N7O3S. The molecule has 0 rings (SSSR count). The molecular weight excluding hydrogens is 238 g/mol. The average Bonchev–Trinajstić information content (AvgIpc) is 2.14. The van der Waals surface area contributed by atoms with Gasteiger partial charge in [0.05, 0.1) is 6.26 Å². The predicted octanol–water partition coefficient (Wildman–Crippen LogP) is 0.701. The van der Waals surface area contributed by atoms with Crippen molar-refractivity contribution in [3.8, 4) is 0 Å². The fraction of sp³-hybridized carbons (Fsp3) is 1.00. The molecule has 0 amide bonds. The Labute approximate surface area is 92.7 Å². The molecule has 2 N–H and O–H groups in total. The van der Waals surface area contributed by atoms with Crippen molar-refractivity contribution in [2.45, 2.75) is 0 Å². The van der Waals surface area contributed by atoms with Crippen molar-refractivity contribution in [3.05, 3.63) is 20.9 Å². The van der Waals surface area contributed by atoms with Gasteiger partial charge in [0.2, 0.25) is 0 Å². The minimum absolute atomic E-state index is 0.423. The molecule has 92 valence electrons. The second-order valence-electron chi connectivity index (χ2n) is 2.39. The number of rotatable bonds is 6. The summed E-state index contributed by atoms with van der Waals surface area (Å²) in [6.45, 7) is 2.08. The van der Waals surface area contributed by atoms with Crippen molar-refractivity contribution in [2.24, 2.45) is 10.2 Å². The summed E-state index contributed by atoms with van der Waals surface area (Å²) in [5, 5.41) is 9.53. The van der Waals surface area contributed by atoms with Gasteiger partial charge in [0.15, 0.2) is 0 Å². The van der Waals surface area contributed by atoms with E-state index in [-0.39, 0.29) is 0 Å². The first-order valence-electron chi connectivity index (χ1n) is 4.06. The summed E-state index contributed by atoms with van der Waals surface area (Å²) < 4.78 is 25.9. The Bertz CT molecular complexity index is 326. The Morgan fingerprint density at radius 1 is 1.19 bits per heavy atom. The first-order valence-corrected chi connectivity index (χ1v) is 5.91. The highest BCUT2D eigenvalue weighted by atomic mass is 32.2. The van der Waals surface area contributed by atoms with Crippen molar-refractivity contribution >= 4 is 10.1 Å². The summed E-state index contributed by atoms with van der Waals surface area (Å²) in [5.41, 5.74) is 15.7. The van der Waals surface area contributed by atoms with Gasteiger partial charge < -0.3 is 5.32 Å². The highest BCUT2D eigenvalue weighted by Gasteiger charge is 1.82. The van der Waals surface area contributed by atoms with Crippen LogP contribution in [0.1, 0.15) is 0 Å². The molecule has 0 aromatic heterocycles. The SMILES string of the molecule is CS(=O)(=O)O.[N-]=[N+]=NCCNCCN=[N+]=[N-]. The summed E-state index contributed by atoms with van der Waals surface area (Å²) in [5.74, 6) is 0. The Hall–Kier alpha value is -1.51. The van der Waals surface area contributed by atoms with E-state index in [0.717, 1.165) is 0 Å². The molecule has 0 fully saturated rings. The first kappa shape index (κ1) is 16.9. The van der Waals surface area contributed by atoms with Crippen LogP contribution in [0.15, 0.2) is 10.2 Å². The van der Waals surface area contributed by atoms with Gasteiger partial charge in [0, 0.05) is 36.0 Å². The molecule has 0 heterocycles. The standard InChI is InChI=1S/C4H9N7.CH4O3S/c5-10-8-3-1-7-2-4-9-11-6;1-5(2,3)4/h7H,1-4H2;1H3,(H,2,3,4). The maximum absolute atomic E-state index is 9.19. The molecule has 0 bridgehead atoms. The van der Waals surface area contributed by atoms with E-state index < -0.39 is 10.1 Å². The first-order chi connectivity index (χ1) is 7.41. The summed E-state index contributed by atoms with van der Waals surface area (Å²) in [7, 11) is -3.67. The van der Waals surface area contributed by atoms with E-state index in [2.05, 4.69) is 25.4 Å². The summed E-state index contributed by atoms with van der Waals surface area (Å²) in [6.07, 6.45) is 0.715. The number of hydrogen-bond donors (Lipinski definition) is 2. The van der Waals surface area contributed by atoms with Crippen molar-refractivity contribution in [2.75, 3.05) is 32.4 Å². The third-order valence-corrected chi connectivity index (χ3v) is 0.904. The molecule has 0 spiro atoms. The van der Waals surface area contributed by atoms with E-state index in [1.54, 1.807) is 0 Å². The molecule has 0 atom stereocenters. The van der Waals surface area contributed by atoms with E-state index in [4.69, 9.17) is 15.6 Å². The minimum Gasteiger partial charge on any atom is -0.316 e. The van der Waals surface area contributed by atoms with Gasteiger partial charge in [-0.2, -0.15) is 8.42 Å². The number of hydrogen-bond acceptors (Lipinski definition) is 5. The van der Waals surface area contributed by atoms with Crippen LogP contribution in [0.5, 0.6) is 0 Å². The van der Waals surface area contributed by atoms with Gasteiger partial charge in [0.1, 0.15) is 0 Å². The van der Waals surface area contributed by atoms with Crippen molar-refractivity contribution in [1.82, 2.24) is 5.32 Å². The molecule has 0 aliphatic carbocycles. The average molecular weight is 251 g/mol. The maximum Gasteiger partial charge on any atom is 0.261 e. The normalized spacial score (nSPS) is 9.12. The van der Waals surface area contributed by atoms with Gasteiger partial charge in [-0.3, -0.25) is 4.55 Å². The van der Waals surface area contributed by atoms with Gasteiger partial charge in [0.25, 0.3) is 10.1 Å². The van der Waals surface area contributed by atoms with Crippen LogP contribution in [0.3, 0.4) is 0 Å².